The number of ether oxygens (including phenoxy) is 2. The van der Waals surface area contributed by atoms with Gasteiger partial charge < -0.3 is 20.1 Å². The van der Waals surface area contributed by atoms with Crippen LogP contribution in [0.4, 0.5) is 0 Å². The van der Waals surface area contributed by atoms with E-state index in [0.29, 0.717) is 6.54 Å². The minimum absolute atomic E-state index is 0.0229. The van der Waals surface area contributed by atoms with Crippen molar-refractivity contribution in [3.63, 3.8) is 0 Å². The smallest absolute Gasteiger partial charge is 0.191 e. The Hall–Kier alpha value is -2.12. The van der Waals surface area contributed by atoms with Gasteiger partial charge in [0.15, 0.2) is 5.96 Å². The number of aryl methyl sites for hydroxylation is 2. The lowest BCUT2D eigenvalue weighted by molar-refractivity contribution is 0.0513. The highest BCUT2D eigenvalue weighted by Gasteiger charge is 2.34. The quantitative estimate of drug-likeness (QED) is 0.533. The van der Waals surface area contributed by atoms with Gasteiger partial charge in [-0.15, -0.1) is 11.3 Å². The van der Waals surface area contributed by atoms with E-state index in [9.17, 15) is 0 Å². The Labute approximate surface area is 177 Å². The Bertz CT molecular complexity index is 791. The second kappa shape index (κ2) is 10.1. The first-order valence-corrected chi connectivity index (χ1v) is 11.1. The number of guanidine groups is 1. The van der Waals surface area contributed by atoms with Gasteiger partial charge in [-0.1, -0.05) is 12.1 Å². The van der Waals surface area contributed by atoms with Gasteiger partial charge in [0.1, 0.15) is 10.8 Å². The summed E-state index contributed by atoms with van der Waals surface area (Å²) in [6, 6.07) is 8.44. The lowest BCUT2D eigenvalue weighted by atomic mass is 9.74. The van der Waals surface area contributed by atoms with E-state index in [1.807, 2.05) is 19.1 Å². The summed E-state index contributed by atoms with van der Waals surface area (Å²) >= 11 is 1.72. The molecule has 29 heavy (non-hydrogen) atoms. The van der Waals surface area contributed by atoms with E-state index in [2.05, 4.69) is 41.6 Å². The number of aromatic nitrogens is 1. The molecule has 1 aromatic heterocycles. The third-order valence-corrected chi connectivity index (χ3v) is 6.59. The van der Waals surface area contributed by atoms with Crippen LogP contribution in [0.1, 0.15) is 40.9 Å². The molecule has 6 nitrogen and oxygen atoms in total. The molecule has 0 bridgehead atoms. The van der Waals surface area contributed by atoms with Gasteiger partial charge in [0.25, 0.3) is 0 Å². The van der Waals surface area contributed by atoms with Crippen molar-refractivity contribution in [2.75, 3.05) is 33.4 Å². The first kappa shape index (κ1) is 21.6. The van der Waals surface area contributed by atoms with E-state index in [4.69, 9.17) is 14.5 Å². The van der Waals surface area contributed by atoms with Crippen LogP contribution in [0.3, 0.4) is 0 Å². The van der Waals surface area contributed by atoms with Gasteiger partial charge in [-0.2, -0.15) is 0 Å². The lowest BCUT2D eigenvalue weighted by Crippen LogP contribution is -2.48. The Morgan fingerprint density at radius 2 is 1.93 bits per heavy atom. The molecule has 0 unspecified atom stereocenters. The molecule has 0 spiro atoms. The second-order valence-electron chi connectivity index (χ2n) is 7.42. The van der Waals surface area contributed by atoms with E-state index in [1.54, 1.807) is 18.4 Å². The number of nitrogens with one attached hydrogen (secondary N) is 2. The molecule has 1 aromatic carbocycles. The molecule has 1 aliphatic heterocycles. The van der Waals surface area contributed by atoms with Crippen LogP contribution in [0.5, 0.6) is 5.75 Å². The minimum atomic E-state index is 0.0229. The number of hydrogen-bond donors (Lipinski definition) is 2. The van der Waals surface area contributed by atoms with Crippen molar-refractivity contribution < 1.29 is 9.47 Å². The number of nitrogens with zero attached hydrogens (tertiary/aromatic N) is 2. The van der Waals surface area contributed by atoms with Crippen molar-refractivity contribution in [1.29, 1.82) is 0 Å². The van der Waals surface area contributed by atoms with Crippen LogP contribution in [-0.4, -0.2) is 44.4 Å². The lowest BCUT2D eigenvalue weighted by Gasteiger charge is -2.38. The van der Waals surface area contributed by atoms with Crippen LogP contribution in [0.15, 0.2) is 29.3 Å². The SMILES string of the molecule is CCNC(=NCc1nc(C)c(C)s1)NCC1(c2ccc(OC)cc2)CCOCC1. The molecule has 2 heterocycles. The van der Waals surface area contributed by atoms with E-state index in [1.165, 1.54) is 10.4 Å². The Morgan fingerprint density at radius 1 is 1.21 bits per heavy atom. The summed E-state index contributed by atoms with van der Waals surface area (Å²) in [6.45, 7) is 10.0. The van der Waals surface area contributed by atoms with Crippen molar-refractivity contribution in [3.8, 4) is 5.75 Å². The van der Waals surface area contributed by atoms with Crippen LogP contribution in [-0.2, 0) is 16.7 Å². The van der Waals surface area contributed by atoms with E-state index >= 15 is 0 Å². The van der Waals surface area contributed by atoms with Crippen LogP contribution < -0.4 is 15.4 Å². The molecule has 0 radical (unpaired) electrons. The standard InChI is InChI=1S/C22H32N4O2S/c1-5-23-21(24-14-20-26-16(2)17(3)29-20)25-15-22(10-12-28-13-11-22)18-6-8-19(27-4)9-7-18/h6-9H,5,10-15H2,1-4H3,(H2,23,24,25). The summed E-state index contributed by atoms with van der Waals surface area (Å²) in [5, 5.41) is 7.99. The number of rotatable bonds is 7. The number of hydrogen-bond acceptors (Lipinski definition) is 5. The Kier molecular flexibility index (Phi) is 7.50. The predicted molar refractivity (Wildman–Crippen MR) is 119 cm³/mol. The fraction of sp³-hybridized carbons (Fsp3) is 0.545. The van der Waals surface area contributed by atoms with Gasteiger partial charge >= 0.3 is 0 Å². The highest BCUT2D eigenvalue weighted by atomic mass is 32.1. The van der Waals surface area contributed by atoms with E-state index < -0.39 is 0 Å². The van der Waals surface area contributed by atoms with Crippen molar-refractivity contribution in [3.05, 3.63) is 45.4 Å². The molecule has 1 aliphatic rings. The Balaban J connectivity index is 1.73. The average Bonchev–Trinajstić information content (AvgIpc) is 3.08. The number of aliphatic imine (C=N–C) groups is 1. The fourth-order valence-electron chi connectivity index (χ4n) is 3.62. The molecule has 1 fully saturated rings. The van der Waals surface area contributed by atoms with Crippen LogP contribution in [0.25, 0.3) is 0 Å². The summed E-state index contributed by atoms with van der Waals surface area (Å²) in [5.41, 5.74) is 2.43. The molecule has 7 heteroatoms. The zero-order chi connectivity index (χ0) is 20.7. The maximum absolute atomic E-state index is 5.66. The molecule has 1 saturated heterocycles. The number of methoxy groups -OCH3 is 1. The molecule has 2 N–H and O–H groups in total. The largest absolute Gasteiger partial charge is 0.497 e. The number of thiazole rings is 1. The van der Waals surface area contributed by atoms with E-state index in [-0.39, 0.29) is 5.41 Å². The molecule has 2 aromatic rings. The maximum Gasteiger partial charge on any atom is 0.191 e. The fourth-order valence-corrected chi connectivity index (χ4v) is 4.48. The van der Waals surface area contributed by atoms with Crippen molar-refractivity contribution in [2.24, 2.45) is 4.99 Å². The molecule has 3 rings (SSSR count). The first-order valence-electron chi connectivity index (χ1n) is 10.2. The van der Waals surface area contributed by atoms with Gasteiger partial charge in [0.05, 0.1) is 19.3 Å². The van der Waals surface area contributed by atoms with Crippen molar-refractivity contribution in [2.45, 2.75) is 45.6 Å². The van der Waals surface area contributed by atoms with Crippen LogP contribution in [0.2, 0.25) is 0 Å². The van der Waals surface area contributed by atoms with Crippen molar-refractivity contribution in [1.82, 2.24) is 15.6 Å². The topological polar surface area (TPSA) is 67.8 Å². The summed E-state index contributed by atoms with van der Waals surface area (Å²) < 4.78 is 11.0. The highest BCUT2D eigenvalue weighted by molar-refractivity contribution is 7.11. The third-order valence-electron chi connectivity index (χ3n) is 5.54. The van der Waals surface area contributed by atoms with Gasteiger partial charge in [0.2, 0.25) is 0 Å². The third kappa shape index (κ3) is 5.48. The normalized spacial score (nSPS) is 16.5. The van der Waals surface area contributed by atoms with Crippen LogP contribution in [0, 0.1) is 13.8 Å². The summed E-state index contributed by atoms with van der Waals surface area (Å²) in [4.78, 5) is 10.6. The molecule has 0 atom stereocenters. The zero-order valence-electron chi connectivity index (χ0n) is 17.9. The van der Waals surface area contributed by atoms with Gasteiger partial charge in [0, 0.05) is 36.6 Å². The van der Waals surface area contributed by atoms with Crippen LogP contribution >= 0.6 is 11.3 Å². The van der Waals surface area contributed by atoms with E-state index in [0.717, 1.165) is 61.6 Å². The second-order valence-corrected chi connectivity index (χ2v) is 8.71. The summed E-state index contributed by atoms with van der Waals surface area (Å²) in [7, 11) is 1.70. The van der Waals surface area contributed by atoms with Gasteiger partial charge in [-0.3, -0.25) is 0 Å². The molecule has 158 valence electrons. The van der Waals surface area contributed by atoms with Gasteiger partial charge in [-0.25, -0.2) is 9.98 Å². The molecule has 0 amide bonds. The molecular weight excluding hydrogens is 384 g/mol. The van der Waals surface area contributed by atoms with Gasteiger partial charge in [-0.05, 0) is 51.3 Å². The Morgan fingerprint density at radius 3 is 2.52 bits per heavy atom. The predicted octanol–water partition coefficient (Wildman–Crippen LogP) is 3.57. The summed E-state index contributed by atoms with van der Waals surface area (Å²) in [5.74, 6) is 1.71. The monoisotopic (exact) mass is 416 g/mol. The first-order chi connectivity index (χ1) is 14.1. The average molecular weight is 417 g/mol. The molecular formula is C22H32N4O2S. The maximum atomic E-state index is 5.66. The van der Waals surface area contributed by atoms with Crippen molar-refractivity contribution >= 4 is 17.3 Å². The molecule has 0 saturated carbocycles. The highest BCUT2D eigenvalue weighted by Crippen LogP contribution is 2.35. The summed E-state index contributed by atoms with van der Waals surface area (Å²) in [6.07, 6.45) is 1.97. The number of benzene rings is 1. The minimum Gasteiger partial charge on any atom is -0.497 e. The zero-order valence-corrected chi connectivity index (χ0v) is 18.7. The molecule has 0 aliphatic carbocycles.